The first-order valence-electron chi connectivity index (χ1n) is 9.47. The van der Waals surface area contributed by atoms with Gasteiger partial charge in [0.2, 0.25) is 0 Å². The van der Waals surface area contributed by atoms with E-state index in [0.717, 1.165) is 5.02 Å². The Morgan fingerprint density at radius 2 is 0.806 bits per heavy atom. The summed E-state index contributed by atoms with van der Waals surface area (Å²) < 4.78 is 10.6. The Kier molecular flexibility index (Phi) is 7.97. The molecule has 0 atom stereocenters. The van der Waals surface area contributed by atoms with Gasteiger partial charge in [-0.2, -0.15) is 0 Å². The molecule has 0 amide bonds. The second kappa shape index (κ2) is 11.3. The third-order valence-corrected chi connectivity index (χ3v) is 4.26. The van der Waals surface area contributed by atoms with Gasteiger partial charge >= 0.3 is 11.9 Å². The number of carbonyl (C=O) groups is 2. The molecule has 0 aliphatic carbocycles. The van der Waals surface area contributed by atoms with Crippen LogP contribution in [0.4, 0.5) is 0 Å². The zero-order valence-electron chi connectivity index (χ0n) is 16.5. The number of para-hydroxylation sites is 2. The lowest BCUT2D eigenvalue weighted by Gasteiger charge is -2.09. The van der Waals surface area contributed by atoms with Crippen molar-refractivity contribution in [2.24, 2.45) is 0 Å². The molecule has 0 bridgehead atoms. The molecule has 4 nitrogen and oxygen atoms in total. The molecule has 5 heteroatoms. The normalized spacial score (nSPS) is 9.71. The summed E-state index contributed by atoms with van der Waals surface area (Å²) in [5, 5.41) is 0.794. The maximum atomic E-state index is 12.4. The van der Waals surface area contributed by atoms with E-state index in [1.54, 1.807) is 60.7 Å². The average molecular weight is 431 g/mol. The van der Waals surface area contributed by atoms with Gasteiger partial charge in [-0.05, 0) is 48.5 Å². The molecule has 0 aromatic heterocycles. The third-order valence-electron chi connectivity index (χ3n) is 4.01. The van der Waals surface area contributed by atoms with Gasteiger partial charge in [-0.3, -0.25) is 0 Å². The van der Waals surface area contributed by atoms with Gasteiger partial charge in [-0.25, -0.2) is 9.59 Å². The highest BCUT2D eigenvalue weighted by atomic mass is 35.5. The molecule has 0 heterocycles. The van der Waals surface area contributed by atoms with E-state index in [-0.39, 0.29) is 11.1 Å². The molecule has 0 aliphatic heterocycles. The second-order valence-electron chi connectivity index (χ2n) is 6.25. The van der Waals surface area contributed by atoms with Gasteiger partial charge in [0.15, 0.2) is 0 Å². The van der Waals surface area contributed by atoms with Gasteiger partial charge in [0.25, 0.3) is 0 Å². The number of rotatable bonds is 4. The monoisotopic (exact) mass is 430 g/mol. The summed E-state index contributed by atoms with van der Waals surface area (Å²) in [6.45, 7) is 0. The Labute approximate surface area is 185 Å². The number of hydrogen-bond donors (Lipinski definition) is 0. The van der Waals surface area contributed by atoms with E-state index in [0.29, 0.717) is 11.5 Å². The molecule has 0 N–H and O–H groups in total. The largest absolute Gasteiger partial charge is 0.423 e. The number of ether oxygens (including phenoxy) is 2. The summed E-state index contributed by atoms with van der Waals surface area (Å²) in [5.74, 6) is -0.397. The van der Waals surface area contributed by atoms with Gasteiger partial charge in [0.1, 0.15) is 11.5 Å². The SMILES string of the molecule is Clc1ccccc1.O=C(Oc1ccccc1)c1ccccc1C(=O)Oc1ccccc1. The van der Waals surface area contributed by atoms with Gasteiger partial charge in [0, 0.05) is 5.02 Å². The zero-order valence-corrected chi connectivity index (χ0v) is 17.2. The quantitative estimate of drug-likeness (QED) is 0.275. The van der Waals surface area contributed by atoms with E-state index >= 15 is 0 Å². The van der Waals surface area contributed by atoms with Crippen molar-refractivity contribution in [3.63, 3.8) is 0 Å². The zero-order chi connectivity index (χ0) is 21.9. The molecule has 0 unspecified atom stereocenters. The number of hydrogen-bond acceptors (Lipinski definition) is 4. The molecule has 0 spiro atoms. The molecule has 0 saturated heterocycles. The molecule has 0 radical (unpaired) electrons. The van der Waals surface area contributed by atoms with Gasteiger partial charge < -0.3 is 9.47 Å². The fourth-order valence-corrected chi connectivity index (χ4v) is 2.70. The number of halogens is 1. The number of benzene rings is 4. The van der Waals surface area contributed by atoms with Gasteiger partial charge in [-0.15, -0.1) is 0 Å². The lowest BCUT2D eigenvalue weighted by atomic mass is 10.1. The maximum Gasteiger partial charge on any atom is 0.344 e. The molecular formula is C26H19ClO4. The average Bonchev–Trinajstić information content (AvgIpc) is 2.81. The highest BCUT2D eigenvalue weighted by Crippen LogP contribution is 2.17. The van der Waals surface area contributed by atoms with Crippen LogP contribution < -0.4 is 9.47 Å². The lowest BCUT2D eigenvalue weighted by molar-refractivity contribution is 0.0692. The van der Waals surface area contributed by atoms with Crippen molar-refractivity contribution in [1.82, 2.24) is 0 Å². The third kappa shape index (κ3) is 6.84. The van der Waals surface area contributed by atoms with Crippen LogP contribution in [0, 0.1) is 0 Å². The molecule has 4 aromatic carbocycles. The Hall–Kier alpha value is -3.89. The first kappa shape index (κ1) is 21.8. The summed E-state index contributed by atoms with van der Waals surface area (Å²) in [4.78, 5) is 24.7. The Bertz CT molecular complexity index is 1040. The topological polar surface area (TPSA) is 52.6 Å². The highest BCUT2D eigenvalue weighted by Gasteiger charge is 2.20. The molecule has 154 valence electrons. The van der Waals surface area contributed by atoms with Crippen LogP contribution in [-0.2, 0) is 0 Å². The molecular weight excluding hydrogens is 412 g/mol. The second-order valence-corrected chi connectivity index (χ2v) is 6.68. The standard InChI is InChI=1S/C20H14O4.C6H5Cl/c21-19(23-15-9-3-1-4-10-15)17-13-7-8-14-18(17)20(22)24-16-11-5-2-6-12-16;7-6-4-2-1-3-5-6/h1-14H;1-5H. The van der Waals surface area contributed by atoms with Crippen molar-refractivity contribution in [3.05, 3.63) is 131 Å². The molecule has 31 heavy (non-hydrogen) atoms. The number of esters is 2. The Balaban J connectivity index is 0.000000330. The van der Waals surface area contributed by atoms with E-state index in [2.05, 4.69) is 0 Å². The first-order chi connectivity index (χ1) is 15.1. The van der Waals surface area contributed by atoms with Crippen LogP contribution in [-0.4, -0.2) is 11.9 Å². The summed E-state index contributed by atoms with van der Waals surface area (Å²) in [6.07, 6.45) is 0. The van der Waals surface area contributed by atoms with Crippen molar-refractivity contribution in [2.75, 3.05) is 0 Å². The molecule has 0 aliphatic rings. The van der Waals surface area contributed by atoms with E-state index in [9.17, 15) is 9.59 Å². The van der Waals surface area contributed by atoms with Crippen LogP contribution in [0.5, 0.6) is 11.5 Å². The molecule has 0 fully saturated rings. The fourth-order valence-electron chi connectivity index (χ4n) is 2.55. The number of carbonyl (C=O) groups excluding carboxylic acids is 2. The molecule has 4 aromatic rings. The van der Waals surface area contributed by atoms with Crippen LogP contribution in [0.3, 0.4) is 0 Å². The van der Waals surface area contributed by atoms with Gasteiger partial charge in [0.05, 0.1) is 11.1 Å². The summed E-state index contributed by atoms with van der Waals surface area (Å²) >= 11 is 5.54. The minimum atomic E-state index is -0.609. The van der Waals surface area contributed by atoms with E-state index in [1.165, 1.54) is 12.1 Å². The molecule has 0 saturated carbocycles. The smallest absolute Gasteiger partial charge is 0.344 e. The van der Waals surface area contributed by atoms with Crippen molar-refractivity contribution in [3.8, 4) is 11.5 Å². The van der Waals surface area contributed by atoms with Crippen molar-refractivity contribution in [1.29, 1.82) is 0 Å². The van der Waals surface area contributed by atoms with E-state index in [1.807, 2.05) is 42.5 Å². The van der Waals surface area contributed by atoms with Crippen molar-refractivity contribution < 1.29 is 19.1 Å². The van der Waals surface area contributed by atoms with Crippen LogP contribution in [0.25, 0.3) is 0 Å². The maximum absolute atomic E-state index is 12.4. The van der Waals surface area contributed by atoms with E-state index in [4.69, 9.17) is 21.1 Å². The highest BCUT2D eigenvalue weighted by molar-refractivity contribution is 6.30. The van der Waals surface area contributed by atoms with Crippen LogP contribution in [0.2, 0.25) is 5.02 Å². The van der Waals surface area contributed by atoms with E-state index < -0.39 is 11.9 Å². The predicted molar refractivity (Wildman–Crippen MR) is 121 cm³/mol. The molecule has 4 rings (SSSR count). The predicted octanol–water partition coefficient (Wildman–Crippen LogP) is 6.47. The summed E-state index contributed by atoms with van der Waals surface area (Å²) in [5.41, 5.74) is 0.310. The van der Waals surface area contributed by atoms with Crippen LogP contribution >= 0.6 is 11.6 Å². The summed E-state index contributed by atoms with van der Waals surface area (Å²) in [6, 6.07) is 33.2. The van der Waals surface area contributed by atoms with Gasteiger partial charge in [-0.1, -0.05) is 78.3 Å². The summed E-state index contributed by atoms with van der Waals surface area (Å²) in [7, 11) is 0. The minimum Gasteiger partial charge on any atom is -0.423 e. The fraction of sp³-hybridized carbons (Fsp3) is 0. The van der Waals surface area contributed by atoms with Crippen LogP contribution in [0.15, 0.2) is 115 Å². The first-order valence-corrected chi connectivity index (χ1v) is 9.85. The van der Waals surface area contributed by atoms with Crippen LogP contribution in [0.1, 0.15) is 20.7 Å². The Morgan fingerprint density at radius 3 is 1.13 bits per heavy atom. The minimum absolute atomic E-state index is 0.155. The van der Waals surface area contributed by atoms with Crippen molar-refractivity contribution >= 4 is 23.5 Å². The lowest BCUT2D eigenvalue weighted by Crippen LogP contribution is -2.17. The Morgan fingerprint density at radius 1 is 0.484 bits per heavy atom. The van der Waals surface area contributed by atoms with Crippen molar-refractivity contribution in [2.45, 2.75) is 0 Å².